The normalized spacial score (nSPS) is 15.9. The van der Waals surface area contributed by atoms with Crippen molar-refractivity contribution in [2.75, 3.05) is 30.3 Å². The van der Waals surface area contributed by atoms with Gasteiger partial charge in [0, 0.05) is 37.1 Å². The monoisotopic (exact) mass is 697 g/mol. The van der Waals surface area contributed by atoms with Gasteiger partial charge in [-0.25, -0.2) is 14.4 Å². The summed E-state index contributed by atoms with van der Waals surface area (Å²) in [4.78, 5) is 70.0. The molecule has 1 aliphatic heterocycles. The highest BCUT2D eigenvalue weighted by Crippen LogP contribution is 2.30. The van der Waals surface area contributed by atoms with Crippen LogP contribution < -0.4 is 21.9 Å². The van der Waals surface area contributed by atoms with E-state index in [1.807, 2.05) is 50.2 Å². The summed E-state index contributed by atoms with van der Waals surface area (Å²) in [5.41, 5.74) is 1.36. The lowest BCUT2D eigenvalue weighted by Crippen LogP contribution is -2.61. The zero-order valence-corrected chi connectivity index (χ0v) is 28.4. The second-order valence-electron chi connectivity index (χ2n) is 12.8. The number of nitriles is 1. The van der Waals surface area contributed by atoms with E-state index < -0.39 is 29.6 Å². The van der Waals surface area contributed by atoms with Gasteiger partial charge < -0.3 is 20.3 Å². The van der Waals surface area contributed by atoms with E-state index in [2.05, 4.69) is 10.6 Å². The Morgan fingerprint density at radius 1 is 0.980 bits per heavy atom. The standard InChI is InChI=1S/C36H36ClN7O6/c1-22(2)44-30-13-12-26(16-28(30)33(46)43(35(44)48)19-23-8-9-23)40-34(47)41-14-15-42(36(49)50-21-24-6-4-3-5-7-24)31(20-41)32(45)39-27-11-10-25(18-38)29(37)17-27/h3-7,10-13,16-17,22-23,31H,8-9,14-15,19-21H2,1-2H3,(H,39,45)(H,40,47). The number of halogens is 1. The maximum atomic E-state index is 13.7. The molecule has 258 valence electrons. The molecular formula is C36H36ClN7O6. The van der Waals surface area contributed by atoms with Crippen molar-refractivity contribution in [3.05, 3.63) is 104 Å². The molecule has 6 rings (SSSR count). The molecular weight excluding hydrogens is 662 g/mol. The molecule has 0 bridgehead atoms. The maximum Gasteiger partial charge on any atom is 0.410 e. The van der Waals surface area contributed by atoms with E-state index in [-0.39, 0.29) is 48.6 Å². The van der Waals surface area contributed by atoms with Crippen molar-refractivity contribution in [2.45, 2.75) is 51.9 Å². The van der Waals surface area contributed by atoms with Gasteiger partial charge in [-0.1, -0.05) is 41.9 Å². The summed E-state index contributed by atoms with van der Waals surface area (Å²) in [5, 5.41) is 15.2. The average molecular weight is 698 g/mol. The highest BCUT2D eigenvalue weighted by molar-refractivity contribution is 6.32. The lowest BCUT2D eigenvalue weighted by atomic mass is 10.1. The first-order valence-corrected chi connectivity index (χ1v) is 16.7. The third-order valence-corrected chi connectivity index (χ3v) is 9.15. The molecule has 1 atom stereocenters. The van der Waals surface area contributed by atoms with Gasteiger partial charge in [-0.3, -0.25) is 23.6 Å². The van der Waals surface area contributed by atoms with E-state index in [9.17, 15) is 29.2 Å². The van der Waals surface area contributed by atoms with Crippen LogP contribution in [-0.4, -0.2) is 62.6 Å². The summed E-state index contributed by atoms with van der Waals surface area (Å²) in [7, 11) is 0. The van der Waals surface area contributed by atoms with Crippen molar-refractivity contribution in [1.82, 2.24) is 18.9 Å². The summed E-state index contributed by atoms with van der Waals surface area (Å²) >= 11 is 6.17. The third kappa shape index (κ3) is 7.35. The lowest BCUT2D eigenvalue weighted by Gasteiger charge is -2.39. The first-order valence-electron chi connectivity index (χ1n) is 16.4. The number of amides is 4. The van der Waals surface area contributed by atoms with Crippen LogP contribution in [0.3, 0.4) is 0 Å². The number of aromatic nitrogens is 2. The number of urea groups is 1. The summed E-state index contributed by atoms with van der Waals surface area (Å²) in [6.07, 6.45) is 1.22. The molecule has 50 heavy (non-hydrogen) atoms. The fourth-order valence-electron chi connectivity index (χ4n) is 6.00. The van der Waals surface area contributed by atoms with Crippen LogP contribution in [0.4, 0.5) is 21.0 Å². The minimum absolute atomic E-state index is 0.00246. The summed E-state index contributed by atoms with van der Waals surface area (Å²) in [6.45, 7) is 4.02. The lowest BCUT2D eigenvalue weighted by molar-refractivity contribution is -0.122. The van der Waals surface area contributed by atoms with Crippen LogP contribution in [-0.2, 0) is 22.7 Å². The van der Waals surface area contributed by atoms with Crippen molar-refractivity contribution in [1.29, 1.82) is 5.26 Å². The fourth-order valence-corrected chi connectivity index (χ4v) is 6.23. The number of carbonyl (C=O) groups excluding carboxylic acids is 3. The van der Waals surface area contributed by atoms with Crippen LogP contribution in [0.5, 0.6) is 0 Å². The van der Waals surface area contributed by atoms with Crippen molar-refractivity contribution >= 4 is 51.9 Å². The number of carbonyl (C=O) groups is 3. The Hall–Kier alpha value is -5.61. The molecule has 2 N–H and O–H groups in total. The van der Waals surface area contributed by atoms with Gasteiger partial charge in [-0.2, -0.15) is 5.26 Å². The predicted octanol–water partition coefficient (Wildman–Crippen LogP) is 5.17. The van der Waals surface area contributed by atoms with Gasteiger partial charge in [0.05, 0.1) is 28.0 Å². The SMILES string of the molecule is CC(C)n1c(=O)n(CC2CC2)c(=O)c2cc(NC(=O)N3CCN(C(=O)OCc4ccccc4)C(C(=O)Nc4ccc(C#N)c(Cl)c4)C3)ccc21. The number of nitrogens with zero attached hydrogens (tertiary/aromatic N) is 5. The van der Waals surface area contributed by atoms with E-state index in [1.54, 1.807) is 22.8 Å². The van der Waals surface area contributed by atoms with E-state index in [0.717, 1.165) is 18.4 Å². The number of piperazine rings is 1. The Balaban J connectivity index is 1.23. The Morgan fingerprint density at radius 3 is 2.38 bits per heavy atom. The van der Waals surface area contributed by atoms with Gasteiger partial charge in [0.1, 0.15) is 18.7 Å². The molecule has 2 heterocycles. The van der Waals surface area contributed by atoms with Gasteiger partial charge in [0.25, 0.3) is 5.56 Å². The number of nitrogens with one attached hydrogen (secondary N) is 2. The van der Waals surface area contributed by atoms with Crippen molar-refractivity contribution in [3.8, 4) is 6.07 Å². The molecule has 4 aromatic rings. The highest BCUT2D eigenvalue weighted by Gasteiger charge is 2.38. The first kappa shape index (κ1) is 34.3. The average Bonchev–Trinajstić information content (AvgIpc) is 3.94. The van der Waals surface area contributed by atoms with Crippen LogP contribution in [0.25, 0.3) is 10.9 Å². The van der Waals surface area contributed by atoms with E-state index in [0.29, 0.717) is 34.7 Å². The molecule has 0 spiro atoms. The van der Waals surface area contributed by atoms with Crippen LogP contribution >= 0.6 is 11.6 Å². The molecule has 2 aliphatic rings. The van der Waals surface area contributed by atoms with Gasteiger partial charge in [0.2, 0.25) is 5.91 Å². The minimum Gasteiger partial charge on any atom is -0.445 e. The van der Waals surface area contributed by atoms with E-state index >= 15 is 0 Å². The van der Waals surface area contributed by atoms with E-state index in [4.69, 9.17) is 16.3 Å². The molecule has 1 aromatic heterocycles. The van der Waals surface area contributed by atoms with E-state index in [1.165, 1.54) is 32.6 Å². The van der Waals surface area contributed by atoms with Crippen molar-refractivity contribution < 1.29 is 19.1 Å². The second kappa shape index (κ2) is 14.5. The molecule has 2 fully saturated rings. The van der Waals surface area contributed by atoms with Crippen LogP contribution in [0.2, 0.25) is 5.02 Å². The molecule has 1 aliphatic carbocycles. The van der Waals surface area contributed by atoms with Gasteiger partial charge in [-0.05, 0) is 74.6 Å². The number of hydrogen-bond donors (Lipinski definition) is 2. The Kier molecular flexibility index (Phi) is 9.92. The van der Waals surface area contributed by atoms with Crippen LogP contribution in [0, 0.1) is 17.2 Å². The molecule has 13 nitrogen and oxygen atoms in total. The quantitative estimate of drug-likeness (QED) is 0.257. The molecule has 14 heteroatoms. The Bertz CT molecular complexity index is 2120. The van der Waals surface area contributed by atoms with Crippen molar-refractivity contribution in [2.24, 2.45) is 5.92 Å². The first-order chi connectivity index (χ1) is 24.0. The number of benzene rings is 3. The van der Waals surface area contributed by atoms with Gasteiger partial charge >= 0.3 is 17.8 Å². The molecule has 1 saturated heterocycles. The molecule has 4 amide bonds. The van der Waals surface area contributed by atoms with Crippen LogP contribution in [0.1, 0.15) is 43.9 Å². The predicted molar refractivity (Wildman–Crippen MR) is 188 cm³/mol. The van der Waals surface area contributed by atoms with Gasteiger partial charge in [0.15, 0.2) is 0 Å². The summed E-state index contributed by atoms with van der Waals surface area (Å²) < 4.78 is 8.41. The number of rotatable bonds is 8. The molecule has 0 radical (unpaired) electrons. The third-order valence-electron chi connectivity index (χ3n) is 8.84. The van der Waals surface area contributed by atoms with Crippen LogP contribution in [0.15, 0.2) is 76.3 Å². The molecule has 1 saturated carbocycles. The van der Waals surface area contributed by atoms with Gasteiger partial charge in [-0.15, -0.1) is 0 Å². The number of ether oxygens (including phenoxy) is 1. The Morgan fingerprint density at radius 2 is 1.70 bits per heavy atom. The van der Waals surface area contributed by atoms with Crippen molar-refractivity contribution in [3.63, 3.8) is 0 Å². The Labute approximate surface area is 292 Å². The highest BCUT2D eigenvalue weighted by atomic mass is 35.5. The smallest absolute Gasteiger partial charge is 0.410 e. The molecule has 1 unspecified atom stereocenters. The topological polar surface area (TPSA) is 159 Å². The number of anilines is 2. The summed E-state index contributed by atoms with van der Waals surface area (Å²) in [5.74, 6) is -0.289. The zero-order valence-electron chi connectivity index (χ0n) is 27.6. The number of hydrogen-bond acceptors (Lipinski definition) is 7. The second-order valence-corrected chi connectivity index (χ2v) is 13.2. The largest absolute Gasteiger partial charge is 0.445 e. The minimum atomic E-state index is -1.14. The maximum absolute atomic E-state index is 13.7. The number of fused-ring (bicyclic) bond motifs is 1. The summed E-state index contributed by atoms with van der Waals surface area (Å²) in [6, 6.07) is 18.4. The fraction of sp³-hybridized carbons (Fsp3) is 0.333. The zero-order chi connectivity index (χ0) is 35.5. The molecule has 3 aromatic carbocycles.